The third kappa shape index (κ3) is 2.65. The van der Waals surface area contributed by atoms with Crippen molar-refractivity contribution in [1.29, 1.82) is 0 Å². The Morgan fingerprint density at radius 3 is 2.95 bits per heavy atom. The van der Waals surface area contributed by atoms with E-state index in [1.165, 1.54) is 0 Å². The van der Waals surface area contributed by atoms with E-state index in [9.17, 15) is 4.79 Å². The molecule has 0 saturated carbocycles. The van der Waals surface area contributed by atoms with E-state index < -0.39 is 0 Å². The molecule has 0 bridgehead atoms. The van der Waals surface area contributed by atoms with Crippen molar-refractivity contribution >= 4 is 5.78 Å². The zero-order valence-electron chi connectivity index (χ0n) is 11.1. The number of hydrogen-bond donors (Lipinski definition) is 1. The molecular formula is C15H20N2O2. The summed E-state index contributed by atoms with van der Waals surface area (Å²) < 4.78 is 5.60. The first-order valence-corrected chi connectivity index (χ1v) is 7.00. The first kappa shape index (κ1) is 12.6. The van der Waals surface area contributed by atoms with Gasteiger partial charge in [0.15, 0.2) is 5.78 Å². The summed E-state index contributed by atoms with van der Waals surface area (Å²) >= 11 is 0. The van der Waals surface area contributed by atoms with Crippen LogP contribution in [0.2, 0.25) is 0 Å². The lowest BCUT2D eigenvalue weighted by molar-refractivity contribution is 0.0907. The summed E-state index contributed by atoms with van der Waals surface area (Å²) in [4.78, 5) is 14.6. The van der Waals surface area contributed by atoms with Crippen molar-refractivity contribution in [3.05, 3.63) is 29.3 Å². The number of para-hydroxylation sites is 1. The molecule has 0 spiro atoms. The van der Waals surface area contributed by atoms with Crippen LogP contribution in [0.4, 0.5) is 0 Å². The highest BCUT2D eigenvalue weighted by Gasteiger charge is 2.23. The summed E-state index contributed by atoms with van der Waals surface area (Å²) in [5, 5.41) is 0. The Hall–Kier alpha value is -1.39. The smallest absolute Gasteiger partial charge is 0.180 e. The maximum atomic E-state index is 12.4. The van der Waals surface area contributed by atoms with Crippen LogP contribution in [-0.4, -0.2) is 43.0 Å². The monoisotopic (exact) mass is 260 g/mol. The summed E-state index contributed by atoms with van der Waals surface area (Å²) in [6.07, 6.45) is 2.88. The van der Waals surface area contributed by atoms with Gasteiger partial charge in [0.05, 0.1) is 18.7 Å². The Morgan fingerprint density at radius 1 is 1.37 bits per heavy atom. The van der Waals surface area contributed by atoms with Gasteiger partial charge in [0.1, 0.15) is 5.75 Å². The normalized spacial score (nSPS) is 20.1. The average molecular weight is 260 g/mol. The molecule has 1 aromatic carbocycles. The fourth-order valence-electron chi connectivity index (χ4n) is 2.83. The maximum Gasteiger partial charge on any atom is 0.180 e. The molecule has 0 aliphatic carbocycles. The number of rotatable bonds is 3. The second-order valence-electron chi connectivity index (χ2n) is 5.43. The van der Waals surface area contributed by atoms with Crippen LogP contribution in [0.1, 0.15) is 28.8 Å². The minimum absolute atomic E-state index is 0.161. The number of carbonyl (C=O) groups is 1. The molecule has 0 aromatic heterocycles. The number of piperidine rings is 1. The van der Waals surface area contributed by atoms with Crippen LogP contribution in [0.5, 0.6) is 5.75 Å². The highest BCUT2D eigenvalue weighted by molar-refractivity contribution is 6.00. The molecule has 2 aliphatic heterocycles. The van der Waals surface area contributed by atoms with Crippen LogP contribution in [0, 0.1) is 0 Å². The van der Waals surface area contributed by atoms with E-state index in [1.54, 1.807) is 0 Å². The van der Waals surface area contributed by atoms with Crippen LogP contribution >= 0.6 is 0 Å². The predicted molar refractivity (Wildman–Crippen MR) is 73.6 cm³/mol. The van der Waals surface area contributed by atoms with E-state index in [0.717, 1.165) is 49.2 Å². The molecular weight excluding hydrogens is 240 g/mol. The molecule has 1 saturated heterocycles. The fourth-order valence-corrected chi connectivity index (χ4v) is 2.83. The summed E-state index contributed by atoms with van der Waals surface area (Å²) in [5.41, 5.74) is 7.78. The summed E-state index contributed by atoms with van der Waals surface area (Å²) in [7, 11) is 0. The molecule has 4 nitrogen and oxygen atoms in total. The molecule has 2 heterocycles. The molecule has 1 fully saturated rings. The van der Waals surface area contributed by atoms with E-state index in [-0.39, 0.29) is 5.78 Å². The van der Waals surface area contributed by atoms with Gasteiger partial charge in [-0.2, -0.15) is 0 Å². The molecule has 0 unspecified atom stereocenters. The van der Waals surface area contributed by atoms with Gasteiger partial charge >= 0.3 is 0 Å². The number of carbonyl (C=O) groups excluding carboxylic acids is 1. The van der Waals surface area contributed by atoms with Gasteiger partial charge in [-0.25, -0.2) is 0 Å². The Kier molecular flexibility index (Phi) is 3.53. The van der Waals surface area contributed by atoms with Crippen molar-refractivity contribution in [2.24, 2.45) is 5.73 Å². The van der Waals surface area contributed by atoms with E-state index in [0.29, 0.717) is 19.2 Å². The average Bonchev–Trinajstić information content (AvgIpc) is 2.89. The van der Waals surface area contributed by atoms with Gasteiger partial charge in [-0.3, -0.25) is 9.69 Å². The number of likely N-dealkylation sites (tertiary alicyclic amines) is 1. The van der Waals surface area contributed by atoms with Crippen LogP contribution < -0.4 is 10.5 Å². The SMILES string of the molecule is NC1CCN(CC(=O)c2cccc3c2OCC3)CC1. The van der Waals surface area contributed by atoms with Gasteiger partial charge in [-0.15, -0.1) is 0 Å². The standard InChI is InChI=1S/C15H20N2O2/c16-12-4-7-17(8-5-12)10-14(18)13-3-1-2-11-6-9-19-15(11)13/h1-3,12H,4-10,16H2. The highest BCUT2D eigenvalue weighted by Crippen LogP contribution is 2.29. The van der Waals surface area contributed by atoms with Crippen molar-refractivity contribution in [3.63, 3.8) is 0 Å². The lowest BCUT2D eigenvalue weighted by atomic mass is 10.0. The van der Waals surface area contributed by atoms with Crippen molar-refractivity contribution in [2.45, 2.75) is 25.3 Å². The Labute approximate surface area is 113 Å². The molecule has 1 aromatic rings. The molecule has 19 heavy (non-hydrogen) atoms. The molecule has 3 rings (SSSR count). The van der Waals surface area contributed by atoms with Crippen LogP contribution in [-0.2, 0) is 6.42 Å². The summed E-state index contributed by atoms with van der Waals surface area (Å²) in [6, 6.07) is 6.17. The Bertz CT molecular complexity index is 479. The zero-order valence-corrected chi connectivity index (χ0v) is 11.1. The Morgan fingerprint density at radius 2 is 2.16 bits per heavy atom. The van der Waals surface area contributed by atoms with Crippen molar-refractivity contribution in [1.82, 2.24) is 4.90 Å². The van der Waals surface area contributed by atoms with Gasteiger partial charge in [-0.1, -0.05) is 12.1 Å². The summed E-state index contributed by atoms with van der Waals surface area (Å²) in [6.45, 7) is 3.01. The molecule has 4 heteroatoms. The first-order valence-electron chi connectivity index (χ1n) is 7.00. The molecule has 2 aliphatic rings. The topological polar surface area (TPSA) is 55.6 Å². The third-order valence-corrected chi connectivity index (χ3v) is 4.01. The second-order valence-corrected chi connectivity index (χ2v) is 5.43. The quantitative estimate of drug-likeness (QED) is 0.830. The minimum atomic E-state index is 0.161. The Balaban J connectivity index is 1.69. The van der Waals surface area contributed by atoms with Crippen LogP contribution in [0.25, 0.3) is 0 Å². The first-order chi connectivity index (χ1) is 9.24. The number of hydrogen-bond acceptors (Lipinski definition) is 4. The summed E-state index contributed by atoms with van der Waals surface area (Å²) in [5.74, 6) is 0.968. The maximum absolute atomic E-state index is 12.4. The number of ether oxygens (including phenoxy) is 1. The number of nitrogens with zero attached hydrogens (tertiary/aromatic N) is 1. The van der Waals surface area contributed by atoms with Crippen LogP contribution in [0.15, 0.2) is 18.2 Å². The molecule has 0 atom stereocenters. The lowest BCUT2D eigenvalue weighted by Crippen LogP contribution is -2.41. The number of fused-ring (bicyclic) bond motifs is 1. The third-order valence-electron chi connectivity index (χ3n) is 4.01. The van der Waals surface area contributed by atoms with Crippen molar-refractivity contribution < 1.29 is 9.53 Å². The molecule has 2 N–H and O–H groups in total. The zero-order chi connectivity index (χ0) is 13.2. The minimum Gasteiger partial charge on any atom is -0.492 e. The van der Waals surface area contributed by atoms with E-state index in [1.807, 2.05) is 18.2 Å². The van der Waals surface area contributed by atoms with Crippen molar-refractivity contribution in [2.75, 3.05) is 26.2 Å². The molecule has 0 radical (unpaired) electrons. The van der Waals surface area contributed by atoms with Gasteiger partial charge in [-0.05, 0) is 24.5 Å². The molecule has 102 valence electrons. The number of benzene rings is 1. The molecule has 0 amide bonds. The van der Waals surface area contributed by atoms with Gasteiger partial charge in [0.2, 0.25) is 0 Å². The van der Waals surface area contributed by atoms with Crippen molar-refractivity contribution in [3.8, 4) is 5.75 Å². The predicted octanol–water partition coefficient (Wildman–Crippen LogP) is 1.23. The fraction of sp³-hybridized carbons (Fsp3) is 0.533. The van der Waals surface area contributed by atoms with Gasteiger partial charge < -0.3 is 10.5 Å². The van der Waals surface area contributed by atoms with Crippen LogP contribution in [0.3, 0.4) is 0 Å². The van der Waals surface area contributed by atoms with Gasteiger partial charge in [0.25, 0.3) is 0 Å². The number of Topliss-reactive ketones (excluding diaryl/α,β-unsaturated/α-hetero) is 1. The lowest BCUT2D eigenvalue weighted by Gasteiger charge is -2.29. The number of ketones is 1. The largest absolute Gasteiger partial charge is 0.492 e. The highest BCUT2D eigenvalue weighted by atomic mass is 16.5. The van der Waals surface area contributed by atoms with E-state index in [2.05, 4.69) is 4.90 Å². The van der Waals surface area contributed by atoms with Gasteiger partial charge in [0, 0.05) is 25.6 Å². The van der Waals surface area contributed by atoms with E-state index >= 15 is 0 Å². The number of nitrogens with two attached hydrogens (primary N) is 1. The second kappa shape index (κ2) is 5.31. The van der Waals surface area contributed by atoms with E-state index in [4.69, 9.17) is 10.5 Å².